The molecule has 2 N–H and O–H groups in total. The van der Waals surface area contributed by atoms with Crippen LogP contribution in [0.4, 0.5) is 10.1 Å². The van der Waals surface area contributed by atoms with Gasteiger partial charge in [0, 0.05) is 18.8 Å². The summed E-state index contributed by atoms with van der Waals surface area (Å²) in [6.45, 7) is 1.05. The van der Waals surface area contributed by atoms with Gasteiger partial charge in [0.1, 0.15) is 5.82 Å². The monoisotopic (exact) mass is 266 g/mol. The molecule has 0 bridgehead atoms. The van der Waals surface area contributed by atoms with E-state index in [0.717, 1.165) is 25.0 Å². The molecule has 0 saturated carbocycles. The predicted octanol–water partition coefficient (Wildman–Crippen LogP) is 1.19. The van der Waals surface area contributed by atoms with E-state index in [9.17, 15) is 14.0 Å². The first-order valence-electron chi connectivity index (χ1n) is 6.08. The zero-order chi connectivity index (χ0) is 13.8. The first-order chi connectivity index (χ1) is 9.08. The van der Waals surface area contributed by atoms with Gasteiger partial charge in [-0.1, -0.05) is 0 Å². The number of carbonyl (C=O) groups excluding carboxylic acids is 2. The second-order valence-electron chi connectivity index (χ2n) is 4.40. The highest BCUT2D eigenvalue weighted by molar-refractivity contribution is 5.96. The van der Waals surface area contributed by atoms with Gasteiger partial charge in [0.05, 0.1) is 5.56 Å². The first-order valence-corrected chi connectivity index (χ1v) is 6.08. The third-order valence-electron chi connectivity index (χ3n) is 3.02. The molecule has 102 valence electrons. The molecule has 1 saturated heterocycles. The van der Waals surface area contributed by atoms with Crippen molar-refractivity contribution in [3.8, 4) is 0 Å². The van der Waals surface area contributed by atoms with Gasteiger partial charge in [-0.05, 0) is 31.0 Å². The number of carbonyl (C=O) groups is 2. The molecule has 0 atom stereocenters. The number of benzene rings is 1. The molecule has 1 aliphatic heterocycles. The minimum absolute atomic E-state index is 0.0609. The summed E-state index contributed by atoms with van der Waals surface area (Å²) in [5.74, 6) is -1.60. The Kier molecular flexibility index (Phi) is 3.99. The summed E-state index contributed by atoms with van der Waals surface area (Å²) in [5.41, 5.74) is 5.62. The lowest BCUT2D eigenvalue weighted by molar-refractivity contribution is -0.133. The van der Waals surface area contributed by atoms with Gasteiger partial charge < -0.3 is 15.4 Å². The maximum absolute atomic E-state index is 13.0. The lowest BCUT2D eigenvalue weighted by Crippen LogP contribution is -2.32. The van der Waals surface area contributed by atoms with Gasteiger partial charge in [-0.3, -0.25) is 4.79 Å². The Hall–Kier alpha value is -2.11. The number of nitrogens with zero attached hydrogens (tertiary/aromatic N) is 1. The minimum atomic E-state index is -0.787. The molecule has 1 fully saturated rings. The number of esters is 1. The molecule has 1 aromatic carbocycles. The molecule has 0 radical (unpaired) electrons. The topological polar surface area (TPSA) is 72.6 Å². The van der Waals surface area contributed by atoms with Crippen LogP contribution in [0.5, 0.6) is 0 Å². The van der Waals surface area contributed by atoms with Crippen LogP contribution in [0.25, 0.3) is 0 Å². The Bertz CT molecular complexity index is 499. The zero-order valence-corrected chi connectivity index (χ0v) is 10.4. The molecule has 19 heavy (non-hydrogen) atoms. The summed E-state index contributed by atoms with van der Waals surface area (Å²) in [6, 6.07) is 3.44. The summed E-state index contributed by atoms with van der Waals surface area (Å²) in [7, 11) is 0. The zero-order valence-electron chi connectivity index (χ0n) is 10.4. The third-order valence-corrected chi connectivity index (χ3v) is 3.02. The van der Waals surface area contributed by atoms with Crippen molar-refractivity contribution in [2.75, 3.05) is 25.4 Å². The summed E-state index contributed by atoms with van der Waals surface area (Å²) in [5, 5.41) is 0. The molecular weight excluding hydrogens is 251 g/mol. The van der Waals surface area contributed by atoms with Crippen LogP contribution in [0.3, 0.4) is 0 Å². The van der Waals surface area contributed by atoms with Crippen molar-refractivity contribution in [3.05, 3.63) is 29.6 Å². The van der Waals surface area contributed by atoms with Crippen LogP contribution in [-0.4, -0.2) is 36.5 Å². The van der Waals surface area contributed by atoms with Gasteiger partial charge in [-0.2, -0.15) is 0 Å². The maximum Gasteiger partial charge on any atom is 0.340 e. The third kappa shape index (κ3) is 3.21. The SMILES string of the molecule is Nc1ccc(F)cc1C(=O)OCC(=O)N1CCCC1. The van der Waals surface area contributed by atoms with E-state index in [1.807, 2.05) is 0 Å². The van der Waals surface area contributed by atoms with Crippen LogP contribution in [0.1, 0.15) is 23.2 Å². The largest absolute Gasteiger partial charge is 0.452 e. The molecule has 5 nitrogen and oxygen atoms in total. The van der Waals surface area contributed by atoms with Crippen LogP contribution in [0.15, 0.2) is 18.2 Å². The van der Waals surface area contributed by atoms with Gasteiger partial charge in [0.15, 0.2) is 6.61 Å². The molecule has 1 aliphatic rings. The summed E-state index contributed by atoms with van der Waals surface area (Å²) >= 11 is 0. The fraction of sp³-hybridized carbons (Fsp3) is 0.385. The summed E-state index contributed by atoms with van der Waals surface area (Å²) in [6.07, 6.45) is 1.94. The molecule has 0 unspecified atom stereocenters. The van der Waals surface area contributed by atoms with Crippen LogP contribution in [0.2, 0.25) is 0 Å². The van der Waals surface area contributed by atoms with E-state index in [0.29, 0.717) is 13.1 Å². The Balaban J connectivity index is 1.93. The average Bonchev–Trinajstić information content (AvgIpc) is 2.92. The molecule has 1 aromatic rings. The van der Waals surface area contributed by atoms with Crippen molar-refractivity contribution in [3.63, 3.8) is 0 Å². The lowest BCUT2D eigenvalue weighted by Gasteiger charge is -2.15. The molecule has 2 rings (SSSR count). The number of amides is 1. The number of nitrogen functional groups attached to an aromatic ring is 1. The van der Waals surface area contributed by atoms with Crippen molar-refractivity contribution in [2.24, 2.45) is 0 Å². The number of nitrogens with two attached hydrogens (primary N) is 1. The fourth-order valence-electron chi connectivity index (χ4n) is 1.97. The molecule has 0 aromatic heterocycles. The quantitative estimate of drug-likeness (QED) is 0.658. The number of anilines is 1. The first kappa shape index (κ1) is 13.3. The molecular formula is C13H15FN2O3. The highest BCUT2D eigenvalue weighted by Crippen LogP contribution is 2.15. The molecule has 1 amide bonds. The van der Waals surface area contributed by atoms with Gasteiger partial charge >= 0.3 is 5.97 Å². The molecule has 0 aliphatic carbocycles. The Morgan fingerprint density at radius 1 is 1.32 bits per heavy atom. The highest BCUT2D eigenvalue weighted by atomic mass is 19.1. The lowest BCUT2D eigenvalue weighted by atomic mass is 10.2. The van der Waals surface area contributed by atoms with Crippen molar-refractivity contribution in [1.29, 1.82) is 0 Å². The van der Waals surface area contributed by atoms with E-state index in [2.05, 4.69) is 0 Å². The van der Waals surface area contributed by atoms with Crippen molar-refractivity contribution < 1.29 is 18.7 Å². The minimum Gasteiger partial charge on any atom is -0.452 e. The number of hydrogen-bond donors (Lipinski definition) is 1. The number of halogens is 1. The van der Waals surface area contributed by atoms with Gasteiger partial charge in [0.25, 0.3) is 5.91 Å². The van der Waals surface area contributed by atoms with E-state index < -0.39 is 11.8 Å². The molecule has 0 spiro atoms. The van der Waals surface area contributed by atoms with Crippen LogP contribution >= 0.6 is 0 Å². The average molecular weight is 266 g/mol. The standard InChI is InChI=1S/C13H15FN2O3/c14-9-3-4-11(15)10(7-9)13(18)19-8-12(17)16-5-1-2-6-16/h3-4,7H,1-2,5-6,8,15H2. The van der Waals surface area contributed by atoms with Gasteiger partial charge in [-0.25, -0.2) is 9.18 Å². The predicted molar refractivity (Wildman–Crippen MR) is 66.9 cm³/mol. The van der Waals surface area contributed by atoms with E-state index >= 15 is 0 Å². The second kappa shape index (κ2) is 5.69. The second-order valence-corrected chi connectivity index (χ2v) is 4.40. The van der Waals surface area contributed by atoms with Crippen molar-refractivity contribution >= 4 is 17.6 Å². The normalized spacial score (nSPS) is 14.5. The summed E-state index contributed by atoms with van der Waals surface area (Å²) < 4.78 is 17.9. The Labute approximate surface area is 110 Å². The van der Waals surface area contributed by atoms with E-state index in [4.69, 9.17) is 10.5 Å². The van der Waals surface area contributed by atoms with Crippen LogP contribution < -0.4 is 5.73 Å². The van der Waals surface area contributed by atoms with Gasteiger partial charge in [-0.15, -0.1) is 0 Å². The highest BCUT2D eigenvalue weighted by Gasteiger charge is 2.20. The number of likely N-dealkylation sites (tertiary alicyclic amines) is 1. The van der Waals surface area contributed by atoms with E-state index in [-0.39, 0.29) is 23.8 Å². The van der Waals surface area contributed by atoms with Gasteiger partial charge in [0.2, 0.25) is 0 Å². The van der Waals surface area contributed by atoms with Crippen LogP contribution in [0, 0.1) is 5.82 Å². The number of ether oxygens (including phenoxy) is 1. The molecule has 1 heterocycles. The van der Waals surface area contributed by atoms with E-state index in [1.54, 1.807) is 4.90 Å². The van der Waals surface area contributed by atoms with Crippen molar-refractivity contribution in [2.45, 2.75) is 12.8 Å². The molecule has 6 heteroatoms. The fourth-order valence-corrected chi connectivity index (χ4v) is 1.97. The smallest absolute Gasteiger partial charge is 0.340 e. The Morgan fingerprint density at radius 2 is 2.00 bits per heavy atom. The number of hydrogen-bond acceptors (Lipinski definition) is 4. The van der Waals surface area contributed by atoms with Crippen molar-refractivity contribution in [1.82, 2.24) is 4.90 Å². The van der Waals surface area contributed by atoms with Crippen LogP contribution in [-0.2, 0) is 9.53 Å². The maximum atomic E-state index is 13.0. The number of rotatable bonds is 3. The Morgan fingerprint density at radius 3 is 2.68 bits per heavy atom. The summed E-state index contributed by atoms with van der Waals surface area (Å²) in [4.78, 5) is 25.0. The van der Waals surface area contributed by atoms with E-state index in [1.165, 1.54) is 6.07 Å².